The highest BCUT2D eigenvalue weighted by molar-refractivity contribution is 5.70. The summed E-state index contributed by atoms with van der Waals surface area (Å²) in [5.74, 6) is 2.41. The molecule has 0 saturated heterocycles. The van der Waals surface area contributed by atoms with Crippen LogP contribution >= 0.6 is 0 Å². The van der Waals surface area contributed by atoms with Crippen molar-refractivity contribution in [2.45, 2.75) is 6.92 Å². The maximum absolute atomic E-state index is 5.76. The van der Waals surface area contributed by atoms with Crippen LogP contribution in [-0.2, 0) is 0 Å². The van der Waals surface area contributed by atoms with E-state index in [9.17, 15) is 0 Å². The van der Waals surface area contributed by atoms with Crippen LogP contribution < -0.4 is 9.47 Å². The second kappa shape index (κ2) is 6.88. The first-order chi connectivity index (χ1) is 12.8. The summed E-state index contributed by atoms with van der Waals surface area (Å²) in [5, 5.41) is 8.68. The number of aromatic nitrogens is 3. The Labute approximate surface area is 151 Å². The summed E-state index contributed by atoms with van der Waals surface area (Å²) < 4.78 is 13.0. The Morgan fingerprint density at radius 3 is 2.42 bits per heavy atom. The number of rotatable bonds is 5. The standard InChI is InChI=1S/C21H19N3O2/c1-3-26-19-7-5-4-6-18(19)21-23-22-20-13-10-16(14-24(20)21)15-8-11-17(25-2)12-9-15/h4-14H,3H2,1-2H3. The molecule has 2 aromatic carbocycles. The van der Waals surface area contributed by atoms with Gasteiger partial charge in [-0.2, -0.15) is 0 Å². The van der Waals surface area contributed by atoms with Crippen LogP contribution in [0.15, 0.2) is 66.9 Å². The lowest BCUT2D eigenvalue weighted by atomic mass is 10.1. The largest absolute Gasteiger partial charge is 0.497 e. The summed E-state index contributed by atoms with van der Waals surface area (Å²) in [6.07, 6.45) is 2.05. The number of fused-ring (bicyclic) bond motifs is 1. The van der Waals surface area contributed by atoms with Gasteiger partial charge in [-0.3, -0.25) is 4.40 Å². The van der Waals surface area contributed by atoms with Crippen LogP contribution in [0.4, 0.5) is 0 Å². The molecule has 0 aliphatic rings. The molecule has 26 heavy (non-hydrogen) atoms. The minimum Gasteiger partial charge on any atom is -0.497 e. The highest BCUT2D eigenvalue weighted by Gasteiger charge is 2.13. The smallest absolute Gasteiger partial charge is 0.172 e. The molecule has 130 valence electrons. The predicted octanol–water partition coefficient (Wildman–Crippen LogP) is 4.47. The summed E-state index contributed by atoms with van der Waals surface area (Å²) in [6.45, 7) is 2.57. The van der Waals surface area contributed by atoms with Crippen LogP contribution in [0.3, 0.4) is 0 Å². The van der Waals surface area contributed by atoms with E-state index in [0.717, 1.165) is 39.7 Å². The van der Waals surface area contributed by atoms with E-state index in [4.69, 9.17) is 9.47 Å². The molecule has 0 spiro atoms. The van der Waals surface area contributed by atoms with Gasteiger partial charge in [0.25, 0.3) is 0 Å². The number of hydrogen-bond donors (Lipinski definition) is 0. The van der Waals surface area contributed by atoms with Gasteiger partial charge < -0.3 is 9.47 Å². The Balaban J connectivity index is 1.82. The zero-order valence-electron chi connectivity index (χ0n) is 14.7. The molecule has 0 saturated carbocycles. The van der Waals surface area contributed by atoms with Gasteiger partial charge in [0.15, 0.2) is 11.5 Å². The molecular formula is C21H19N3O2. The van der Waals surface area contributed by atoms with Crippen molar-refractivity contribution in [3.8, 4) is 34.0 Å². The van der Waals surface area contributed by atoms with E-state index >= 15 is 0 Å². The van der Waals surface area contributed by atoms with E-state index in [1.165, 1.54) is 0 Å². The summed E-state index contributed by atoms with van der Waals surface area (Å²) in [4.78, 5) is 0. The van der Waals surface area contributed by atoms with E-state index in [1.807, 2.05) is 72.0 Å². The molecule has 0 radical (unpaired) electrons. The molecule has 0 fully saturated rings. The average molecular weight is 345 g/mol. The third-order valence-corrected chi connectivity index (χ3v) is 4.25. The Bertz CT molecular complexity index is 1040. The Morgan fingerprint density at radius 2 is 1.65 bits per heavy atom. The maximum atomic E-state index is 5.76. The van der Waals surface area contributed by atoms with Gasteiger partial charge in [0, 0.05) is 6.20 Å². The minimum absolute atomic E-state index is 0.602. The fourth-order valence-corrected chi connectivity index (χ4v) is 2.96. The lowest BCUT2D eigenvalue weighted by Crippen LogP contribution is -1.97. The van der Waals surface area contributed by atoms with E-state index < -0.39 is 0 Å². The molecule has 0 aliphatic carbocycles. The van der Waals surface area contributed by atoms with E-state index in [2.05, 4.69) is 16.4 Å². The molecule has 5 heteroatoms. The van der Waals surface area contributed by atoms with Crippen molar-refractivity contribution >= 4 is 5.65 Å². The van der Waals surface area contributed by atoms with E-state index in [1.54, 1.807) is 7.11 Å². The van der Waals surface area contributed by atoms with Crippen LogP contribution in [-0.4, -0.2) is 28.3 Å². The summed E-state index contributed by atoms with van der Waals surface area (Å²) >= 11 is 0. The molecule has 0 aliphatic heterocycles. The summed E-state index contributed by atoms with van der Waals surface area (Å²) in [6, 6.07) is 19.9. The zero-order valence-corrected chi connectivity index (χ0v) is 14.7. The van der Waals surface area contributed by atoms with Crippen LogP contribution in [0, 0.1) is 0 Å². The molecular weight excluding hydrogens is 326 g/mol. The van der Waals surface area contributed by atoms with Gasteiger partial charge >= 0.3 is 0 Å². The monoisotopic (exact) mass is 345 g/mol. The Hall–Kier alpha value is -3.34. The number of ether oxygens (including phenoxy) is 2. The van der Waals surface area contributed by atoms with Crippen molar-refractivity contribution in [3.05, 3.63) is 66.9 Å². The number of methoxy groups -OCH3 is 1. The van der Waals surface area contributed by atoms with Crippen LogP contribution in [0.25, 0.3) is 28.2 Å². The molecule has 0 amide bonds. The first-order valence-corrected chi connectivity index (χ1v) is 8.51. The Morgan fingerprint density at radius 1 is 0.885 bits per heavy atom. The highest BCUT2D eigenvalue weighted by Crippen LogP contribution is 2.30. The highest BCUT2D eigenvalue weighted by atomic mass is 16.5. The van der Waals surface area contributed by atoms with Crippen molar-refractivity contribution in [1.29, 1.82) is 0 Å². The van der Waals surface area contributed by atoms with Crippen molar-refractivity contribution in [2.24, 2.45) is 0 Å². The predicted molar refractivity (Wildman–Crippen MR) is 102 cm³/mol. The van der Waals surface area contributed by atoms with Crippen molar-refractivity contribution < 1.29 is 9.47 Å². The third-order valence-electron chi connectivity index (χ3n) is 4.25. The molecule has 0 bridgehead atoms. The number of para-hydroxylation sites is 1. The molecule has 0 N–H and O–H groups in total. The molecule has 0 atom stereocenters. The van der Waals surface area contributed by atoms with Crippen molar-refractivity contribution in [1.82, 2.24) is 14.6 Å². The van der Waals surface area contributed by atoms with E-state index in [0.29, 0.717) is 6.61 Å². The van der Waals surface area contributed by atoms with Gasteiger partial charge in [-0.25, -0.2) is 0 Å². The second-order valence-electron chi connectivity index (χ2n) is 5.83. The molecule has 2 aromatic heterocycles. The Kier molecular flexibility index (Phi) is 4.27. The molecule has 5 nitrogen and oxygen atoms in total. The lowest BCUT2D eigenvalue weighted by Gasteiger charge is -2.09. The summed E-state index contributed by atoms with van der Waals surface area (Å²) in [7, 11) is 1.67. The first-order valence-electron chi connectivity index (χ1n) is 8.51. The quantitative estimate of drug-likeness (QED) is 0.535. The first kappa shape index (κ1) is 16.1. The minimum atomic E-state index is 0.602. The second-order valence-corrected chi connectivity index (χ2v) is 5.83. The molecule has 2 heterocycles. The van der Waals surface area contributed by atoms with Gasteiger partial charge in [-0.05, 0) is 54.4 Å². The molecule has 0 unspecified atom stereocenters. The number of nitrogens with zero attached hydrogens (tertiary/aromatic N) is 3. The van der Waals surface area contributed by atoms with Crippen molar-refractivity contribution in [3.63, 3.8) is 0 Å². The third kappa shape index (κ3) is 2.88. The molecule has 4 aromatic rings. The number of hydrogen-bond acceptors (Lipinski definition) is 4. The van der Waals surface area contributed by atoms with Gasteiger partial charge in [0.1, 0.15) is 11.5 Å². The average Bonchev–Trinajstić information content (AvgIpc) is 3.12. The van der Waals surface area contributed by atoms with Gasteiger partial charge in [0.05, 0.1) is 19.3 Å². The van der Waals surface area contributed by atoms with Gasteiger partial charge in [-0.15, -0.1) is 10.2 Å². The zero-order chi connectivity index (χ0) is 17.9. The van der Waals surface area contributed by atoms with Gasteiger partial charge in [-0.1, -0.05) is 24.3 Å². The fraction of sp³-hybridized carbons (Fsp3) is 0.143. The normalized spacial score (nSPS) is 10.8. The van der Waals surface area contributed by atoms with Gasteiger partial charge in [0.2, 0.25) is 0 Å². The maximum Gasteiger partial charge on any atom is 0.172 e. The van der Waals surface area contributed by atoms with Crippen LogP contribution in [0.2, 0.25) is 0 Å². The number of pyridine rings is 1. The van der Waals surface area contributed by atoms with Crippen LogP contribution in [0.5, 0.6) is 11.5 Å². The lowest BCUT2D eigenvalue weighted by molar-refractivity contribution is 0.341. The fourth-order valence-electron chi connectivity index (χ4n) is 2.96. The number of benzene rings is 2. The SMILES string of the molecule is CCOc1ccccc1-c1nnc2ccc(-c3ccc(OC)cc3)cn12. The summed E-state index contributed by atoms with van der Waals surface area (Å²) in [5.41, 5.74) is 3.90. The van der Waals surface area contributed by atoms with E-state index in [-0.39, 0.29) is 0 Å². The van der Waals surface area contributed by atoms with Crippen molar-refractivity contribution in [2.75, 3.05) is 13.7 Å². The van der Waals surface area contributed by atoms with Crippen LogP contribution in [0.1, 0.15) is 6.92 Å². The molecule has 4 rings (SSSR count). The topological polar surface area (TPSA) is 48.7 Å².